The van der Waals surface area contributed by atoms with Gasteiger partial charge in [-0.3, -0.25) is 0 Å². The summed E-state index contributed by atoms with van der Waals surface area (Å²) in [6.07, 6.45) is 3.36. The van der Waals surface area contributed by atoms with Gasteiger partial charge >= 0.3 is 0 Å². The number of rotatable bonds is 3. The highest BCUT2D eigenvalue weighted by Gasteiger charge is 2.26. The fourth-order valence-corrected chi connectivity index (χ4v) is 3.99. The molecule has 94 valence electrons. The van der Waals surface area contributed by atoms with Crippen molar-refractivity contribution in [3.8, 4) is 0 Å². The van der Waals surface area contributed by atoms with E-state index in [4.69, 9.17) is 10.7 Å². The predicted octanol–water partition coefficient (Wildman–Crippen LogP) is 3.24. The highest BCUT2D eigenvalue weighted by atomic mass is 32.1. The van der Waals surface area contributed by atoms with E-state index in [2.05, 4.69) is 31.2 Å². The number of fused-ring (bicyclic) bond motifs is 1. The molecule has 0 spiro atoms. The SMILES string of the molecule is CCc1nc(C2CCc3ccccc32)sc1CN. The molecule has 2 aromatic rings. The Balaban J connectivity index is 1.99. The van der Waals surface area contributed by atoms with Crippen molar-refractivity contribution in [1.82, 2.24) is 4.98 Å². The fraction of sp³-hybridized carbons (Fsp3) is 0.400. The lowest BCUT2D eigenvalue weighted by Crippen LogP contribution is -1.97. The monoisotopic (exact) mass is 258 g/mol. The molecule has 1 aromatic heterocycles. The lowest BCUT2D eigenvalue weighted by Gasteiger charge is -2.07. The largest absolute Gasteiger partial charge is 0.326 e. The number of aromatic nitrogens is 1. The van der Waals surface area contributed by atoms with Crippen LogP contribution >= 0.6 is 11.3 Å². The highest BCUT2D eigenvalue weighted by Crippen LogP contribution is 2.40. The molecule has 2 N–H and O–H groups in total. The van der Waals surface area contributed by atoms with Gasteiger partial charge in [-0.15, -0.1) is 11.3 Å². The first-order valence-corrected chi connectivity index (χ1v) is 7.41. The summed E-state index contributed by atoms with van der Waals surface area (Å²) in [5, 5.41) is 1.26. The normalized spacial score (nSPS) is 18.0. The summed E-state index contributed by atoms with van der Waals surface area (Å²) < 4.78 is 0. The van der Waals surface area contributed by atoms with E-state index < -0.39 is 0 Å². The molecule has 1 heterocycles. The molecule has 1 aliphatic carbocycles. The summed E-state index contributed by atoms with van der Waals surface area (Å²) in [6.45, 7) is 2.77. The van der Waals surface area contributed by atoms with Crippen molar-refractivity contribution in [2.24, 2.45) is 5.73 Å². The molecule has 0 radical (unpaired) electrons. The molecule has 0 amide bonds. The van der Waals surface area contributed by atoms with Gasteiger partial charge in [-0.05, 0) is 30.4 Å². The van der Waals surface area contributed by atoms with Gasteiger partial charge in [-0.25, -0.2) is 4.98 Å². The van der Waals surface area contributed by atoms with E-state index in [-0.39, 0.29) is 0 Å². The third-order valence-electron chi connectivity index (χ3n) is 3.75. The Morgan fingerprint density at radius 3 is 2.94 bits per heavy atom. The minimum Gasteiger partial charge on any atom is -0.326 e. The van der Waals surface area contributed by atoms with Gasteiger partial charge in [0.2, 0.25) is 0 Å². The lowest BCUT2D eigenvalue weighted by molar-refractivity contribution is 0.774. The summed E-state index contributed by atoms with van der Waals surface area (Å²) in [4.78, 5) is 6.08. The van der Waals surface area contributed by atoms with Crippen molar-refractivity contribution in [2.75, 3.05) is 0 Å². The number of nitrogens with two attached hydrogens (primary N) is 1. The topological polar surface area (TPSA) is 38.9 Å². The number of thiazole rings is 1. The predicted molar refractivity (Wildman–Crippen MR) is 76.0 cm³/mol. The van der Waals surface area contributed by atoms with E-state index in [0.717, 1.165) is 6.42 Å². The first-order chi connectivity index (χ1) is 8.83. The van der Waals surface area contributed by atoms with Crippen LogP contribution in [0.25, 0.3) is 0 Å². The van der Waals surface area contributed by atoms with Crippen LogP contribution in [-0.4, -0.2) is 4.98 Å². The van der Waals surface area contributed by atoms with E-state index in [1.807, 2.05) is 11.3 Å². The number of aryl methyl sites for hydroxylation is 2. The average Bonchev–Trinajstić information content (AvgIpc) is 3.01. The Labute approximate surface area is 112 Å². The minimum absolute atomic E-state index is 0.497. The molecular formula is C15H18N2S. The molecule has 2 nitrogen and oxygen atoms in total. The maximum Gasteiger partial charge on any atom is 0.101 e. The van der Waals surface area contributed by atoms with Crippen molar-refractivity contribution >= 4 is 11.3 Å². The second kappa shape index (κ2) is 4.82. The summed E-state index contributed by atoms with van der Waals surface area (Å²) >= 11 is 1.81. The molecule has 0 saturated carbocycles. The van der Waals surface area contributed by atoms with Gasteiger partial charge in [0, 0.05) is 17.3 Å². The van der Waals surface area contributed by atoms with Gasteiger partial charge < -0.3 is 5.73 Å². The molecule has 0 bridgehead atoms. The van der Waals surface area contributed by atoms with Crippen molar-refractivity contribution in [3.05, 3.63) is 51.0 Å². The van der Waals surface area contributed by atoms with Crippen LogP contribution in [0.5, 0.6) is 0 Å². The molecular weight excluding hydrogens is 240 g/mol. The van der Waals surface area contributed by atoms with Gasteiger partial charge in [0.15, 0.2) is 0 Å². The minimum atomic E-state index is 0.497. The van der Waals surface area contributed by atoms with Crippen molar-refractivity contribution in [2.45, 2.75) is 38.6 Å². The third-order valence-corrected chi connectivity index (χ3v) is 4.98. The van der Waals surface area contributed by atoms with Gasteiger partial charge in [0.25, 0.3) is 0 Å². The number of nitrogens with zero attached hydrogens (tertiary/aromatic N) is 1. The Morgan fingerprint density at radius 1 is 1.39 bits per heavy atom. The zero-order valence-corrected chi connectivity index (χ0v) is 11.5. The Bertz CT molecular complexity index is 538. The Kier molecular flexibility index (Phi) is 3.18. The van der Waals surface area contributed by atoms with Crippen LogP contribution in [0.2, 0.25) is 0 Å². The third kappa shape index (κ3) is 1.88. The van der Waals surface area contributed by atoms with Gasteiger partial charge in [-0.1, -0.05) is 31.2 Å². The molecule has 1 unspecified atom stereocenters. The number of hydrogen-bond acceptors (Lipinski definition) is 3. The van der Waals surface area contributed by atoms with Crippen LogP contribution in [0, 0.1) is 0 Å². The number of benzene rings is 1. The van der Waals surface area contributed by atoms with Crippen molar-refractivity contribution in [1.29, 1.82) is 0 Å². The molecule has 1 aromatic carbocycles. The first kappa shape index (κ1) is 11.9. The van der Waals surface area contributed by atoms with Gasteiger partial charge in [0.1, 0.15) is 5.01 Å². The maximum absolute atomic E-state index is 5.80. The molecule has 0 fully saturated rings. The van der Waals surface area contributed by atoms with E-state index in [1.165, 1.54) is 39.5 Å². The van der Waals surface area contributed by atoms with Crippen LogP contribution in [-0.2, 0) is 19.4 Å². The molecule has 0 aliphatic heterocycles. The van der Waals surface area contributed by atoms with Crippen LogP contribution < -0.4 is 5.73 Å². The van der Waals surface area contributed by atoms with E-state index >= 15 is 0 Å². The van der Waals surface area contributed by atoms with E-state index in [0.29, 0.717) is 12.5 Å². The molecule has 3 heteroatoms. The smallest absolute Gasteiger partial charge is 0.101 e. The van der Waals surface area contributed by atoms with E-state index in [9.17, 15) is 0 Å². The Hall–Kier alpha value is -1.19. The first-order valence-electron chi connectivity index (χ1n) is 6.59. The van der Waals surface area contributed by atoms with Crippen LogP contribution in [0.3, 0.4) is 0 Å². The van der Waals surface area contributed by atoms with Gasteiger partial charge in [-0.2, -0.15) is 0 Å². The van der Waals surface area contributed by atoms with Crippen molar-refractivity contribution in [3.63, 3.8) is 0 Å². The molecule has 0 saturated heterocycles. The highest BCUT2D eigenvalue weighted by molar-refractivity contribution is 7.11. The molecule has 3 rings (SSSR count). The summed E-state index contributed by atoms with van der Waals surface area (Å²) in [5.74, 6) is 0.497. The zero-order chi connectivity index (χ0) is 12.5. The second-order valence-electron chi connectivity index (χ2n) is 4.77. The molecule has 1 aliphatic rings. The fourth-order valence-electron chi connectivity index (χ4n) is 2.80. The number of hydrogen-bond donors (Lipinski definition) is 1. The van der Waals surface area contributed by atoms with Crippen LogP contribution in [0.15, 0.2) is 24.3 Å². The zero-order valence-electron chi connectivity index (χ0n) is 10.6. The van der Waals surface area contributed by atoms with Crippen LogP contribution in [0.4, 0.5) is 0 Å². The Morgan fingerprint density at radius 2 is 2.22 bits per heavy atom. The average molecular weight is 258 g/mol. The maximum atomic E-state index is 5.80. The van der Waals surface area contributed by atoms with Crippen molar-refractivity contribution < 1.29 is 0 Å². The van der Waals surface area contributed by atoms with Crippen LogP contribution in [0.1, 0.15) is 46.0 Å². The van der Waals surface area contributed by atoms with E-state index in [1.54, 1.807) is 0 Å². The quantitative estimate of drug-likeness (QED) is 0.918. The van der Waals surface area contributed by atoms with Gasteiger partial charge in [0.05, 0.1) is 5.69 Å². The molecule has 18 heavy (non-hydrogen) atoms. The summed E-state index contributed by atoms with van der Waals surface area (Å²) in [7, 11) is 0. The second-order valence-corrected chi connectivity index (χ2v) is 5.88. The standard InChI is InChI=1S/C15H18N2S/c1-2-13-14(9-16)18-15(17-13)12-8-7-10-5-3-4-6-11(10)12/h3-6,12H,2,7-9,16H2,1H3. The summed E-state index contributed by atoms with van der Waals surface area (Å²) in [5.41, 5.74) is 9.96. The summed E-state index contributed by atoms with van der Waals surface area (Å²) in [6, 6.07) is 8.76. The molecule has 1 atom stereocenters. The lowest BCUT2D eigenvalue weighted by atomic mass is 10.0.